The fourth-order valence-electron chi connectivity index (χ4n) is 1.69. The van der Waals surface area contributed by atoms with Gasteiger partial charge in [-0.2, -0.15) is 0 Å². The number of hydrogen-bond donors (Lipinski definition) is 1. The van der Waals surface area contributed by atoms with Gasteiger partial charge in [0.05, 0.1) is 11.5 Å². The molecule has 6 heteroatoms. The van der Waals surface area contributed by atoms with Crippen LogP contribution in [0.15, 0.2) is 63.2 Å². The van der Waals surface area contributed by atoms with Crippen LogP contribution in [-0.2, 0) is 16.6 Å². The van der Waals surface area contributed by atoms with Gasteiger partial charge in [-0.15, -0.1) is 0 Å². The molecule has 0 saturated heterocycles. The number of aliphatic hydroxyl groups is 1. The Balaban J connectivity index is 2.15. The third-order valence-corrected chi connectivity index (χ3v) is 5.79. The second-order valence-electron chi connectivity index (χ2n) is 4.66. The summed E-state index contributed by atoms with van der Waals surface area (Å²) in [6.07, 6.45) is 0. The lowest BCUT2D eigenvalue weighted by Gasteiger charge is -2.11. The topological polar surface area (TPSA) is 57.6 Å². The highest BCUT2D eigenvalue weighted by molar-refractivity contribution is 7.99. The van der Waals surface area contributed by atoms with Gasteiger partial charge in [-0.1, -0.05) is 23.9 Å². The van der Waals surface area contributed by atoms with Gasteiger partial charge in [0, 0.05) is 23.9 Å². The molecule has 0 aliphatic carbocycles. The fraction of sp³-hybridized carbons (Fsp3) is 0.200. The van der Waals surface area contributed by atoms with E-state index in [2.05, 4.69) is 0 Å². The SMILES string of the molecule is CN(C)S(=O)(=O)c1ccc(Sc2ccc(CO)cc2)cc1. The van der Waals surface area contributed by atoms with Crippen LogP contribution in [0.5, 0.6) is 0 Å². The lowest BCUT2D eigenvalue weighted by molar-refractivity contribution is 0.282. The molecule has 4 nitrogen and oxygen atoms in total. The summed E-state index contributed by atoms with van der Waals surface area (Å²) in [6, 6.07) is 14.4. The summed E-state index contributed by atoms with van der Waals surface area (Å²) in [4.78, 5) is 2.28. The number of nitrogens with zero attached hydrogens (tertiary/aromatic N) is 1. The van der Waals surface area contributed by atoms with Gasteiger partial charge < -0.3 is 5.11 Å². The van der Waals surface area contributed by atoms with Crippen LogP contribution >= 0.6 is 11.8 Å². The molecule has 2 rings (SSSR count). The maximum Gasteiger partial charge on any atom is 0.242 e. The van der Waals surface area contributed by atoms with Gasteiger partial charge in [0.1, 0.15) is 0 Å². The van der Waals surface area contributed by atoms with Crippen LogP contribution in [0.2, 0.25) is 0 Å². The van der Waals surface area contributed by atoms with E-state index in [1.165, 1.54) is 18.4 Å². The van der Waals surface area contributed by atoms with Crippen molar-refractivity contribution in [2.45, 2.75) is 21.3 Å². The quantitative estimate of drug-likeness (QED) is 0.919. The second-order valence-corrected chi connectivity index (χ2v) is 7.96. The Hall–Kier alpha value is -1.34. The Morgan fingerprint density at radius 2 is 1.43 bits per heavy atom. The molecule has 0 amide bonds. The first-order valence-corrected chi connectivity index (χ1v) is 8.59. The van der Waals surface area contributed by atoms with Crippen LogP contribution in [0, 0.1) is 0 Å². The average Bonchev–Trinajstić information content (AvgIpc) is 2.48. The number of benzene rings is 2. The molecule has 0 aromatic heterocycles. The first kappa shape index (κ1) is 16.0. The highest BCUT2D eigenvalue weighted by Crippen LogP contribution is 2.28. The average molecular weight is 323 g/mol. The summed E-state index contributed by atoms with van der Waals surface area (Å²) in [7, 11) is -0.350. The lowest BCUT2D eigenvalue weighted by atomic mass is 10.2. The molecule has 0 spiro atoms. The van der Waals surface area contributed by atoms with Gasteiger partial charge in [-0.3, -0.25) is 0 Å². The minimum absolute atomic E-state index is 0.0298. The van der Waals surface area contributed by atoms with Gasteiger partial charge in [-0.25, -0.2) is 12.7 Å². The Bertz CT molecular complexity index is 693. The van der Waals surface area contributed by atoms with Crippen molar-refractivity contribution in [1.82, 2.24) is 4.31 Å². The van der Waals surface area contributed by atoms with Crippen LogP contribution in [-0.4, -0.2) is 31.9 Å². The summed E-state index contributed by atoms with van der Waals surface area (Å²) in [5.74, 6) is 0. The molecule has 0 heterocycles. The summed E-state index contributed by atoms with van der Waals surface area (Å²) < 4.78 is 25.1. The van der Waals surface area contributed by atoms with E-state index in [0.29, 0.717) is 0 Å². The molecular formula is C15H17NO3S2. The fourth-order valence-corrected chi connectivity index (χ4v) is 3.41. The van der Waals surface area contributed by atoms with Crippen molar-refractivity contribution in [3.8, 4) is 0 Å². The molecule has 0 aliphatic rings. The predicted molar refractivity (Wildman–Crippen MR) is 83.8 cm³/mol. The maximum absolute atomic E-state index is 12.0. The van der Waals surface area contributed by atoms with E-state index in [-0.39, 0.29) is 11.5 Å². The van der Waals surface area contributed by atoms with E-state index in [0.717, 1.165) is 15.4 Å². The number of hydrogen-bond acceptors (Lipinski definition) is 4. The van der Waals surface area contributed by atoms with Crippen molar-refractivity contribution >= 4 is 21.8 Å². The molecule has 21 heavy (non-hydrogen) atoms. The number of sulfonamides is 1. The molecule has 112 valence electrons. The molecule has 1 N–H and O–H groups in total. The minimum atomic E-state index is -3.38. The smallest absolute Gasteiger partial charge is 0.242 e. The summed E-state index contributed by atoms with van der Waals surface area (Å²) in [6.45, 7) is 0.0298. The molecule has 0 saturated carbocycles. The largest absolute Gasteiger partial charge is 0.392 e. The van der Waals surface area contributed by atoms with Crippen LogP contribution in [0.4, 0.5) is 0 Å². The monoisotopic (exact) mass is 323 g/mol. The molecule has 0 aliphatic heterocycles. The van der Waals surface area contributed by atoms with Crippen LogP contribution in [0.1, 0.15) is 5.56 Å². The predicted octanol–water partition coefficient (Wildman–Crippen LogP) is 2.58. The van der Waals surface area contributed by atoms with E-state index >= 15 is 0 Å². The normalized spacial score (nSPS) is 11.8. The van der Waals surface area contributed by atoms with E-state index in [1.54, 1.807) is 36.0 Å². The second kappa shape index (κ2) is 6.62. The van der Waals surface area contributed by atoms with Crippen LogP contribution in [0.25, 0.3) is 0 Å². The zero-order chi connectivity index (χ0) is 15.5. The Morgan fingerprint density at radius 1 is 0.952 bits per heavy atom. The van der Waals surface area contributed by atoms with Crippen molar-refractivity contribution in [1.29, 1.82) is 0 Å². The Kier molecular flexibility index (Phi) is 5.05. The van der Waals surface area contributed by atoms with Crippen molar-refractivity contribution < 1.29 is 13.5 Å². The van der Waals surface area contributed by atoms with Gasteiger partial charge in [0.25, 0.3) is 0 Å². The van der Waals surface area contributed by atoms with Crippen LogP contribution in [0.3, 0.4) is 0 Å². The number of aliphatic hydroxyl groups excluding tert-OH is 1. The van der Waals surface area contributed by atoms with Gasteiger partial charge in [-0.05, 0) is 42.0 Å². The molecule has 0 bridgehead atoms. The van der Waals surface area contributed by atoms with E-state index in [9.17, 15) is 8.42 Å². The van der Waals surface area contributed by atoms with Gasteiger partial charge >= 0.3 is 0 Å². The molecule has 0 atom stereocenters. The van der Waals surface area contributed by atoms with E-state index in [1.807, 2.05) is 24.3 Å². The first-order valence-electron chi connectivity index (χ1n) is 6.34. The third kappa shape index (κ3) is 3.85. The van der Waals surface area contributed by atoms with Crippen molar-refractivity contribution in [3.05, 3.63) is 54.1 Å². The standard InChI is InChI=1S/C15H17NO3S2/c1-16(2)21(18,19)15-9-7-14(8-10-15)20-13-5-3-12(11-17)4-6-13/h3-10,17H,11H2,1-2H3. The Morgan fingerprint density at radius 3 is 1.86 bits per heavy atom. The molecule has 0 radical (unpaired) electrons. The van der Waals surface area contributed by atoms with E-state index in [4.69, 9.17) is 5.11 Å². The summed E-state index contributed by atoms with van der Waals surface area (Å²) >= 11 is 1.54. The highest BCUT2D eigenvalue weighted by atomic mass is 32.2. The molecular weight excluding hydrogens is 306 g/mol. The zero-order valence-electron chi connectivity index (χ0n) is 11.9. The molecule has 0 unspecified atom stereocenters. The molecule has 2 aromatic rings. The van der Waals surface area contributed by atoms with Crippen LogP contribution < -0.4 is 0 Å². The molecule has 0 fully saturated rings. The lowest BCUT2D eigenvalue weighted by Crippen LogP contribution is -2.22. The van der Waals surface area contributed by atoms with Crippen molar-refractivity contribution in [2.24, 2.45) is 0 Å². The summed E-state index contributed by atoms with van der Waals surface area (Å²) in [5, 5.41) is 9.00. The van der Waals surface area contributed by atoms with Gasteiger partial charge in [0.15, 0.2) is 0 Å². The zero-order valence-corrected chi connectivity index (χ0v) is 13.5. The Labute approximate surface area is 129 Å². The van der Waals surface area contributed by atoms with E-state index < -0.39 is 10.0 Å². The maximum atomic E-state index is 12.0. The third-order valence-electron chi connectivity index (χ3n) is 2.94. The minimum Gasteiger partial charge on any atom is -0.392 e. The highest BCUT2D eigenvalue weighted by Gasteiger charge is 2.16. The first-order chi connectivity index (χ1) is 9.93. The van der Waals surface area contributed by atoms with Crippen molar-refractivity contribution in [3.63, 3.8) is 0 Å². The number of rotatable bonds is 5. The molecule has 2 aromatic carbocycles. The summed E-state index contributed by atoms with van der Waals surface area (Å²) in [5.41, 5.74) is 0.867. The van der Waals surface area contributed by atoms with Gasteiger partial charge in [0.2, 0.25) is 10.0 Å². The van der Waals surface area contributed by atoms with Crippen molar-refractivity contribution in [2.75, 3.05) is 14.1 Å².